The third kappa shape index (κ3) is 3.62. The van der Waals surface area contributed by atoms with Crippen LogP contribution in [0.25, 0.3) is 22.2 Å². The van der Waals surface area contributed by atoms with Crippen LogP contribution in [0.2, 0.25) is 0 Å². The number of rotatable bonds is 4. The van der Waals surface area contributed by atoms with E-state index in [0.29, 0.717) is 19.0 Å². The molecule has 1 saturated carbocycles. The van der Waals surface area contributed by atoms with Gasteiger partial charge in [0.05, 0.1) is 40.4 Å². The molecule has 2 fully saturated rings. The van der Waals surface area contributed by atoms with Crippen molar-refractivity contribution in [2.75, 3.05) is 30.9 Å². The number of morpholine rings is 1. The van der Waals surface area contributed by atoms with Gasteiger partial charge in [0.1, 0.15) is 0 Å². The minimum atomic E-state index is -2.28. The van der Waals surface area contributed by atoms with Gasteiger partial charge in [-0.3, -0.25) is 4.98 Å². The van der Waals surface area contributed by atoms with Crippen LogP contribution in [-0.4, -0.2) is 56.5 Å². The third-order valence-electron chi connectivity index (χ3n) is 5.67. The zero-order valence-corrected chi connectivity index (χ0v) is 17.5. The Kier molecular flexibility index (Phi) is 4.55. The average Bonchev–Trinajstić information content (AvgIpc) is 3.46. The summed E-state index contributed by atoms with van der Waals surface area (Å²) in [5.41, 5.74) is 3.73. The quantitative estimate of drug-likeness (QED) is 0.707. The number of aromatic amines is 1. The molecule has 4 heterocycles. The number of fused-ring (bicyclic) bond motifs is 1. The van der Waals surface area contributed by atoms with Gasteiger partial charge in [0.2, 0.25) is 0 Å². The zero-order valence-electron chi connectivity index (χ0n) is 16.7. The average molecular weight is 412 g/mol. The number of ether oxygens (including phenoxy) is 1. The van der Waals surface area contributed by atoms with E-state index in [-0.39, 0.29) is 11.3 Å². The smallest absolute Gasteiger partial charge is 0.164 e. The van der Waals surface area contributed by atoms with Crippen LogP contribution in [0.3, 0.4) is 0 Å². The zero-order chi connectivity index (χ0) is 20.0. The van der Waals surface area contributed by atoms with Crippen LogP contribution in [-0.2, 0) is 14.5 Å². The van der Waals surface area contributed by atoms with E-state index in [4.69, 9.17) is 9.72 Å². The van der Waals surface area contributed by atoms with Gasteiger partial charge >= 0.3 is 0 Å². The Labute approximate surface area is 170 Å². The molecule has 1 saturated heterocycles. The maximum Gasteiger partial charge on any atom is 0.164 e. The predicted molar refractivity (Wildman–Crippen MR) is 116 cm³/mol. The molecule has 2 atom stereocenters. The standard InChI is InChI=1S/C21H25N5O2S/c1-14-13-28-8-7-26(14)15-9-19(18-11-22-12-20-17(18)5-6-23-20)24-21(10-15)25-29(2,27)16-3-4-16/h5-6,9-12,14,16,23H,3-4,7-8,13H2,1-2H3/t14-,29?/m1/s1. The van der Waals surface area contributed by atoms with Crippen molar-refractivity contribution in [1.82, 2.24) is 15.0 Å². The van der Waals surface area contributed by atoms with Gasteiger partial charge in [-0.2, -0.15) is 4.36 Å². The second kappa shape index (κ2) is 7.11. The molecule has 5 rings (SSSR count). The first-order valence-corrected chi connectivity index (χ1v) is 12.0. The van der Waals surface area contributed by atoms with E-state index in [1.165, 1.54) is 0 Å². The Hall–Kier alpha value is -2.45. The normalized spacial score (nSPS) is 21.9. The summed E-state index contributed by atoms with van der Waals surface area (Å²) >= 11 is 0. The van der Waals surface area contributed by atoms with E-state index < -0.39 is 9.73 Å². The Morgan fingerprint density at radius 3 is 2.97 bits per heavy atom. The highest BCUT2D eigenvalue weighted by molar-refractivity contribution is 7.93. The fraction of sp³-hybridized carbons (Fsp3) is 0.429. The van der Waals surface area contributed by atoms with Crippen molar-refractivity contribution >= 4 is 32.1 Å². The van der Waals surface area contributed by atoms with E-state index in [1.54, 1.807) is 6.26 Å². The van der Waals surface area contributed by atoms with Gasteiger partial charge in [-0.15, -0.1) is 0 Å². The molecule has 29 heavy (non-hydrogen) atoms. The van der Waals surface area contributed by atoms with E-state index in [2.05, 4.69) is 32.2 Å². The van der Waals surface area contributed by atoms with Crippen molar-refractivity contribution in [3.05, 3.63) is 36.8 Å². The number of pyridine rings is 2. The van der Waals surface area contributed by atoms with Crippen molar-refractivity contribution in [3.8, 4) is 11.3 Å². The topological polar surface area (TPSA) is 83.5 Å². The van der Waals surface area contributed by atoms with Crippen LogP contribution in [0.15, 0.2) is 41.2 Å². The molecule has 1 unspecified atom stereocenters. The number of hydrogen-bond donors (Lipinski definition) is 1. The van der Waals surface area contributed by atoms with Crippen molar-refractivity contribution < 1.29 is 8.95 Å². The maximum absolute atomic E-state index is 13.0. The molecule has 0 spiro atoms. The van der Waals surface area contributed by atoms with Gasteiger partial charge < -0.3 is 14.6 Å². The maximum atomic E-state index is 13.0. The summed E-state index contributed by atoms with van der Waals surface area (Å²) < 4.78 is 23.3. The summed E-state index contributed by atoms with van der Waals surface area (Å²) in [6.45, 7) is 4.33. The van der Waals surface area contributed by atoms with Crippen LogP contribution < -0.4 is 4.90 Å². The Morgan fingerprint density at radius 1 is 1.31 bits per heavy atom. The number of hydrogen-bond acceptors (Lipinski definition) is 6. The molecule has 0 bridgehead atoms. The Balaban J connectivity index is 1.68. The third-order valence-corrected chi connectivity index (χ3v) is 7.92. The molecule has 7 nitrogen and oxygen atoms in total. The Bertz CT molecular complexity index is 1180. The second-order valence-corrected chi connectivity index (χ2v) is 10.5. The SMILES string of the molecule is C[C@@H]1COCCN1c1cc(N=S(C)(=O)C2CC2)nc(-c2cncc3[nH]ccc23)c1. The first-order valence-electron chi connectivity index (χ1n) is 10.0. The summed E-state index contributed by atoms with van der Waals surface area (Å²) in [6, 6.07) is 6.32. The van der Waals surface area contributed by atoms with Crippen molar-refractivity contribution in [2.45, 2.75) is 31.1 Å². The molecule has 152 valence electrons. The summed E-state index contributed by atoms with van der Waals surface area (Å²) in [5, 5.41) is 1.25. The molecule has 1 N–H and O–H groups in total. The van der Waals surface area contributed by atoms with Gasteiger partial charge in [0, 0.05) is 59.2 Å². The summed E-state index contributed by atoms with van der Waals surface area (Å²) in [7, 11) is -2.28. The molecule has 0 aromatic carbocycles. The highest BCUT2D eigenvalue weighted by atomic mass is 32.2. The molecule has 0 radical (unpaired) electrons. The van der Waals surface area contributed by atoms with Crippen molar-refractivity contribution in [3.63, 3.8) is 0 Å². The first kappa shape index (κ1) is 18.6. The summed E-state index contributed by atoms with van der Waals surface area (Å²) in [5.74, 6) is 0.531. The number of nitrogens with zero attached hydrogens (tertiary/aromatic N) is 4. The molecule has 2 aliphatic rings. The van der Waals surface area contributed by atoms with Gasteiger partial charge in [-0.05, 0) is 31.9 Å². The van der Waals surface area contributed by atoms with E-state index in [9.17, 15) is 4.21 Å². The number of nitrogens with one attached hydrogen (secondary N) is 1. The fourth-order valence-electron chi connectivity index (χ4n) is 3.91. The highest BCUT2D eigenvalue weighted by Gasteiger charge is 2.31. The van der Waals surface area contributed by atoms with Crippen molar-refractivity contribution in [1.29, 1.82) is 0 Å². The molecule has 0 amide bonds. The van der Waals surface area contributed by atoms with Crippen molar-refractivity contribution in [2.24, 2.45) is 4.36 Å². The highest BCUT2D eigenvalue weighted by Crippen LogP contribution is 2.35. The summed E-state index contributed by atoms with van der Waals surface area (Å²) in [4.78, 5) is 14.7. The summed E-state index contributed by atoms with van der Waals surface area (Å²) in [6.07, 6.45) is 9.27. The molecule has 1 aliphatic heterocycles. The van der Waals surface area contributed by atoms with E-state index in [0.717, 1.165) is 47.2 Å². The van der Waals surface area contributed by atoms with E-state index in [1.807, 2.05) is 30.7 Å². The lowest BCUT2D eigenvalue weighted by molar-refractivity contribution is 0.0989. The number of H-pyrrole nitrogens is 1. The van der Waals surface area contributed by atoms with Gasteiger partial charge in [0.25, 0.3) is 0 Å². The molecule has 3 aromatic rings. The first-order chi connectivity index (χ1) is 14.0. The fourth-order valence-corrected chi connectivity index (χ4v) is 5.54. The molecule has 1 aliphatic carbocycles. The molecular formula is C21H25N5O2S. The van der Waals surface area contributed by atoms with Gasteiger partial charge in [0.15, 0.2) is 5.82 Å². The lowest BCUT2D eigenvalue weighted by atomic mass is 10.1. The molecule has 8 heteroatoms. The monoisotopic (exact) mass is 411 g/mol. The van der Waals surface area contributed by atoms with Gasteiger partial charge in [-0.1, -0.05) is 0 Å². The Morgan fingerprint density at radius 2 is 2.17 bits per heavy atom. The van der Waals surface area contributed by atoms with Gasteiger partial charge in [-0.25, -0.2) is 9.19 Å². The lowest BCUT2D eigenvalue weighted by Gasteiger charge is -2.35. The van der Waals surface area contributed by atoms with Crippen LogP contribution in [0, 0.1) is 0 Å². The van der Waals surface area contributed by atoms with Crippen LogP contribution >= 0.6 is 0 Å². The van der Waals surface area contributed by atoms with E-state index >= 15 is 0 Å². The number of anilines is 1. The minimum absolute atomic E-state index is 0.188. The second-order valence-electron chi connectivity index (χ2n) is 7.96. The largest absolute Gasteiger partial charge is 0.377 e. The lowest BCUT2D eigenvalue weighted by Crippen LogP contribution is -2.43. The molecular weight excluding hydrogens is 386 g/mol. The van der Waals surface area contributed by atoms with Crippen LogP contribution in [0.4, 0.5) is 11.5 Å². The minimum Gasteiger partial charge on any atom is -0.377 e. The predicted octanol–water partition coefficient (Wildman–Crippen LogP) is 3.74. The van der Waals surface area contributed by atoms with Crippen LogP contribution in [0.1, 0.15) is 19.8 Å². The van der Waals surface area contributed by atoms with Crippen LogP contribution in [0.5, 0.6) is 0 Å². The molecule has 3 aromatic heterocycles. The number of aromatic nitrogens is 3.